The molecule has 1 N–H and O–H groups in total. The molecule has 0 saturated carbocycles. The molecule has 0 bridgehead atoms. The maximum atomic E-state index is 12.8. The van der Waals surface area contributed by atoms with Gasteiger partial charge in [0.1, 0.15) is 5.82 Å². The first-order valence-electron chi connectivity index (χ1n) is 5.67. The Morgan fingerprint density at radius 1 is 1.21 bits per heavy atom. The van der Waals surface area contributed by atoms with Gasteiger partial charge in [-0.25, -0.2) is 9.82 Å². The van der Waals surface area contributed by atoms with Crippen LogP contribution in [-0.2, 0) is 0 Å². The largest absolute Gasteiger partial charge is 0.272 e. The first-order chi connectivity index (χ1) is 9.16. The van der Waals surface area contributed by atoms with Crippen LogP contribution in [0.3, 0.4) is 0 Å². The van der Waals surface area contributed by atoms with E-state index in [1.807, 2.05) is 0 Å². The van der Waals surface area contributed by atoms with E-state index in [0.29, 0.717) is 11.3 Å². The highest BCUT2D eigenvalue weighted by molar-refractivity contribution is 6.00. The van der Waals surface area contributed by atoms with Gasteiger partial charge < -0.3 is 0 Å². The number of carbonyl (C=O) groups is 1. The normalized spacial score (nSPS) is 11.2. The SMILES string of the molecule is CC(=NNC(=O)c1cccnc1)c1ccc(F)cc1. The Balaban J connectivity index is 2.06. The van der Waals surface area contributed by atoms with E-state index in [1.54, 1.807) is 37.4 Å². The molecule has 0 radical (unpaired) electrons. The molecular formula is C14H12FN3O. The monoisotopic (exact) mass is 257 g/mol. The minimum Gasteiger partial charge on any atom is -0.267 e. The van der Waals surface area contributed by atoms with Crippen molar-refractivity contribution in [2.24, 2.45) is 5.10 Å². The van der Waals surface area contributed by atoms with Crippen LogP contribution < -0.4 is 5.43 Å². The van der Waals surface area contributed by atoms with Crippen LogP contribution in [0.5, 0.6) is 0 Å². The van der Waals surface area contributed by atoms with E-state index >= 15 is 0 Å². The number of halogens is 1. The van der Waals surface area contributed by atoms with E-state index in [-0.39, 0.29) is 11.7 Å². The number of hydrazone groups is 1. The van der Waals surface area contributed by atoms with Gasteiger partial charge in [-0.3, -0.25) is 9.78 Å². The highest BCUT2D eigenvalue weighted by Crippen LogP contribution is 2.04. The highest BCUT2D eigenvalue weighted by Gasteiger charge is 2.04. The van der Waals surface area contributed by atoms with E-state index in [4.69, 9.17) is 0 Å². The molecule has 0 aliphatic rings. The number of pyridine rings is 1. The average molecular weight is 257 g/mol. The summed E-state index contributed by atoms with van der Waals surface area (Å²) in [5.74, 6) is -0.648. The van der Waals surface area contributed by atoms with Gasteiger partial charge in [0.25, 0.3) is 5.91 Å². The molecule has 96 valence electrons. The summed E-state index contributed by atoms with van der Waals surface area (Å²) in [6.07, 6.45) is 3.04. The number of hydrogen-bond donors (Lipinski definition) is 1. The first-order valence-corrected chi connectivity index (χ1v) is 5.67. The summed E-state index contributed by atoms with van der Waals surface area (Å²) < 4.78 is 12.8. The number of carbonyl (C=O) groups excluding carboxylic acids is 1. The smallest absolute Gasteiger partial charge is 0.267 e. The molecule has 2 rings (SSSR count). The molecule has 1 aromatic heterocycles. The van der Waals surface area contributed by atoms with Crippen LogP contribution in [0.25, 0.3) is 0 Å². The zero-order valence-electron chi connectivity index (χ0n) is 10.3. The molecule has 4 nitrogen and oxygen atoms in total. The fourth-order valence-electron chi connectivity index (χ4n) is 1.45. The molecule has 1 amide bonds. The van der Waals surface area contributed by atoms with Crippen LogP contribution in [0.2, 0.25) is 0 Å². The topological polar surface area (TPSA) is 54.4 Å². The summed E-state index contributed by atoms with van der Waals surface area (Å²) in [7, 11) is 0. The Hall–Kier alpha value is -2.56. The van der Waals surface area contributed by atoms with Gasteiger partial charge in [-0.15, -0.1) is 0 Å². The van der Waals surface area contributed by atoms with Crippen LogP contribution in [-0.4, -0.2) is 16.6 Å². The van der Waals surface area contributed by atoms with Gasteiger partial charge >= 0.3 is 0 Å². The summed E-state index contributed by atoms with van der Waals surface area (Å²) in [6, 6.07) is 9.21. The van der Waals surface area contributed by atoms with E-state index in [0.717, 1.165) is 5.56 Å². The standard InChI is InChI=1S/C14H12FN3O/c1-10(11-4-6-13(15)7-5-11)17-18-14(19)12-3-2-8-16-9-12/h2-9H,1H3,(H,18,19). The molecule has 1 aromatic carbocycles. The van der Waals surface area contributed by atoms with Crippen molar-refractivity contribution in [1.29, 1.82) is 0 Å². The lowest BCUT2D eigenvalue weighted by molar-refractivity contribution is 0.0954. The van der Waals surface area contributed by atoms with Crippen molar-refractivity contribution in [1.82, 2.24) is 10.4 Å². The second-order valence-corrected chi connectivity index (χ2v) is 3.89. The lowest BCUT2D eigenvalue weighted by atomic mass is 10.1. The van der Waals surface area contributed by atoms with Crippen molar-refractivity contribution in [2.75, 3.05) is 0 Å². The molecule has 0 atom stereocenters. The van der Waals surface area contributed by atoms with Gasteiger partial charge in [0.05, 0.1) is 11.3 Å². The number of nitrogens with zero attached hydrogens (tertiary/aromatic N) is 2. The van der Waals surface area contributed by atoms with Crippen molar-refractivity contribution < 1.29 is 9.18 Å². The van der Waals surface area contributed by atoms with E-state index < -0.39 is 0 Å². The molecule has 0 aliphatic carbocycles. The summed E-state index contributed by atoms with van der Waals surface area (Å²) in [4.78, 5) is 15.6. The van der Waals surface area contributed by atoms with Crippen molar-refractivity contribution in [3.63, 3.8) is 0 Å². The van der Waals surface area contributed by atoms with Crippen LogP contribution in [0.15, 0.2) is 53.9 Å². The minimum absolute atomic E-state index is 0.309. The van der Waals surface area contributed by atoms with Gasteiger partial charge in [0.2, 0.25) is 0 Å². The second kappa shape index (κ2) is 5.86. The number of aromatic nitrogens is 1. The fourth-order valence-corrected chi connectivity index (χ4v) is 1.45. The number of hydrogen-bond acceptors (Lipinski definition) is 3. The Bertz CT molecular complexity index is 594. The number of rotatable bonds is 3. The first kappa shape index (κ1) is 12.9. The third kappa shape index (κ3) is 3.45. The lowest BCUT2D eigenvalue weighted by Gasteiger charge is -2.02. The Morgan fingerprint density at radius 3 is 2.58 bits per heavy atom. The molecule has 0 aliphatic heterocycles. The zero-order valence-corrected chi connectivity index (χ0v) is 10.3. The van der Waals surface area contributed by atoms with Gasteiger partial charge in [0, 0.05) is 12.4 Å². The molecule has 2 aromatic rings. The van der Waals surface area contributed by atoms with Crippen molar-refractivity contribution in [3.05, 3.63) is 65.7 Å². The molecular weight excluding hydrogens is 245 g/mol. The van der Waals surface area contributed by atoms with Crippen LogP contribution in [0, 0.1) is 5.82 Å². The highest BCUT2D eigenvalue weighted by atomic mass is 19.1. The third-order valence-corrected chi connectivity index (χ3v) is 2.51. The maximum Gasteiger partial charge on any atom is 0.272 e. The summed E-state index contributed by atoms with van der Waals surface area (Å²) in [5, 5.41) is 3.97. The van der Waals surface area contributed by atoms with Crippen molar-refractivity contribution >= 4 is 11.6 Å². The van der Waals surface area contributed by atoms with Gasteiger partial charge in [-0.05, 0) is 36.8 Å². The fraction of sp³-hybridized carbons (Fsp3) is 0.0714. The lowest BCUT2D eigenvalue weighted by Crippen LogP contribution is -2.19. The predicted octanol–water partition coefficient (Wildman–Crippen LogP) is 2.37. The molecule has 1 heterocycles. The molecule has 5 heteroatoms. The van der Waals surface area contributed by atoms with E-state index in [2.05, 4.69) is 15.5 Å². The van der Waals surface area contributed by atoms with Gasteiger partial charge in [0.15, 0.2) is 0 Å². The Morgan fingerprint density at radius 2 is 1.95 bits per heavy atom. The third-order valence-electron chi connectivity index (χ3n) is 2.51. The quantitative estimate of drug-likeness (QED) is 0.678. The maximum absolute atomic E-state index is 12.8. The number of benzene rings is 1. The second-order valence-electron chi connectivity index (χ2n) is 3.89. The van der Waals surface area contributed by atoms with E-state index in [1.165, 1.54) is 18.3 Å². The molecule has 0 spiro atoms. The average Bonchev–Trinajstić information content (AvgIpc) is 2.46. The van der Waals surface area contributed by atoms with E-state index in [9.17, 15) is 9.18 Å². The van der Waals surface area contributed by atoms with Crippen LogP contribution in [0.1, 0.15) is 22.8 Å². The molecule has 19 heavy (non-hydrogen) atoms. The zero-order chi connectivity index (χ0) is 13.7. The predicted molar refractivity (Wildman–Crippen MR) is 70.3 cm³/mol. The van der Waals surface area contributed by atoms with Crippen LogP contribution >= 0.6 is 0 Å². The van der Waals surface area contributed by atoms with Gasteiger partial charge in [-0.2, -0.15) is 5.10 Å². The number of nitrogens with one attached hydrogen (secondary N) is 1. The summed E-state index contributed by atoms with van der Waals surface area (Å²) in [6.45, 7) is 1.73. The summed E-state index contributed by atoms with van der Waals surface area (Å²) >= 11 is 0. The number of amides is 1. The van der Waals surface area contributed by atoms with Gasteiger partial charge in [-0.1, -0.05) is 12.1 Å². The molecule has 0 unspecified atom stereocenters. The minimum atomic E-state index is -0.338. The molecule has 0 saturated heterocycles. The Kier molecular flexibility index (Phi) is 3.97. The molecule has 0 fully saturated rings. The van der Waals surface area contributed by atoms with Crippen molar-refractivity contribution in [2.45, 2.75) is 6.92 Å². The summed E-state index contributed by atoms with van der Waals surface area (Å²) in [5.41, 5.74) is 4.19. The Labute approximate surface area is 110 Å². The van der Waals surface area contributed by atoms with Crippen molar-refractivity contribution in [3.8, 4) is 0 Å². The van der Waals surface area contributed by atoms with Crippen LogP contribution in [0.4, 0.5) is 4.39 Å².